The molecule has 24 heavy (non-hydrogen) atoms. The van der Waals surface area contributed by atoms with Crippen molar-refractivity contribution < 1.29 is 5.11 Å². The molecule has 3 heteroatoms. The van der Waals surface area contributed by atoms with Crippen LogP contribution in [-0.2, 0) is 6.42 Å². The van der Waals surface area contributed by atoms with Gasteiger partial charge >= 0.3 is 0 Å². The highest BCUT2D eigenvalue weighted by Gasteiger charge is 2.21. The Balaban J connectivity index is 1.49. The summed E-state index contributed by atoms with van der Waals surface area (Å²) >= 11 is 0. The topological polar surface area (TPSA) is 35.5 Å². The van der Waals surface area contributed by atoms with Crippen molar-refractivity contribution in [2.24, 2.45) is 0 Å². The molecule has 128 valence electrons. The number of nitrogens with zero attached hydrogens (tertiary/aromatic N) is 1. The number of aliphatic hydroxyl groups excluding tert-OH is 1. The van der Waals surface area contributed by atoms with Crippen LogP contribution in [0.15, 0.2) is 54.6 Å². The smallest absolute Gasteiger partial charge is 0.0587 e. The maximum atomic E-state index is 9.70. The van der Waals surface area contributed by atoms with E-state index in [1.807, 2.05) is 6.07 Å². The molecule has 1 atom stereocenters. The van der Waals surface area contributed by atoms with Crippen molar-refractivity contribution >= 4 is 5.69 Å². The fourth-order valence-corrected chi connectivity index (χ4v) is 3.47. The van der Waals surface area contributed by atoms with Gasteiger partial charge in [-0.05, 0) is 43.9 Å². The minimum absolute atomic E-state index is 0.142. The Bertz CT molecular complexity index is 603. The highest BCUT2D eigenvalue weighted by molar-refractivity contribution is 5.47. The molecule has 2 aromatic rings. The van der Waals surface area contributed by atoms with Crippen LogP contribution in [0.3, 0.4) is 0 Å². The molecule has 1 aliphatic heterocycles. The van der Waals surface area contributed by atoms with Crippen LogP contribution in [0.1, 0.15) is 24.0 Å². The molecule has 0 bridgehead atoms. The third-order valence-electron chi connectivity index (χ3n) is 4.91. The second-order valence-corrected chi connectivity index (χ2v) is 6.83. The van der Waals surface area contributed by atoms with Crippen molar-refractivity contribution in [2.75, 3.05) is 24.6 Å². The van der Waals surface area contributed by atoms with Gasteiger partial charge in [0.2, 0.25) is 0 Å². The molecule has 0 saturated carbocycles. The summed E-state index contributed by atoms with van der Waals surface area (Å²) in [4.78, 5) is 2.46. The lowest BCUT2D eigenvalue weighted by Gasteiger charge is -2.35. The van der Waals surface area contributed by atoms with Gasteiger partial charge in [-0.2, -0.15) is 0 Å². The molecule has 0 amide bonds. The second-order valence-electron chi connectivity index (χ2n) is 6.83. The van der Waals surface area contributed by atoms with Crippen molar-refractivity contribution in [3.63, 3.8) is 0 Å². The van der Waals surface area contributed by atoms with Crippen molar-refractivity contribution in [3.8, 4) is 0 Å². The van der Waals surface area contributed by atoms with E-state index in [2.05, 4.69) is 65.7 Å². The summed E-state index contributed by atoms with van der Waals surface area (Å²) in [5.41, 5.74) is 3.91. The third kappa shape index (κ3) is 4.59. The molecule has 1 saturated heterocycles. The van der Waals surface area contributed by atoms with Gasteiger partial charge in [0.25, 0.3) is 0 Å². The van der Waals surface area contributed by atoms with E-state index in [1.54, 1.807) is 0 Å². The van der Waals surface area contributed by atoms with Crippen LogP contribution in [0, 0.1) is 6.92 Å². The lowest BCUT2D eigenvalue weighted by Crippen LogP contribution is -2.48. The molecule has 0 aliphatic carbocycles. The first kappa shape index (κ1) is 17.0. The maximum absolute atomic E-state index is 9.70. The van der Waals surface area contributed by atoms with Gasteiger partial charge in [0, 0.05) is 30.9 Å². The largest absolute Gasteiger partial charge is 0.395 e. The van der Waals surface area contributed by atoms with E-state index in [0.29, 0.717) is 6.04 Å². The first-order valence-electron chi connectivity index (χ1n) is 8.97. The van der Waals surface area contributed by atoms with Gasteiger partial charge in [-0.25, -0.2) is 0 Å². The Kier molecular flexibility index (Phi) is 5.89. The molecule has 2 aromatic carbocycles. The van der Waals surface area contributed by atoms with Gasteiger partial charge in [-0.1, -0.05) is 48.0 Å². The van der Waals surface area contributed by atoms with Crippen LogP contribution in [-0.4, -0.2) is 36.9 Å². The van der Waals surface area contributed by atoms with Crippen LogP contribution >= 0.6 is 0 Å². The average Bonchev–Trinajstić information content (AvgIpc) is 2.63. The zero-order valence-electron chi connectivity index (χ0n) is 14.5. The Morgan fingerprint density at radius 1 is 1.04 bits per heavy atom. The summed E-state index contributed by atoms with van der Waals surface area (Å²) in [5, 5.41) is 13.4. The number of benzene rings is 2. The summed E-state index contributed by atoms with van der Waals surface area (Å²) < 4.78 is 0. The first-order valence-corrected chi connectivity index (χ1v) is 8.97. The minimum atomic E-state index is 0.142. The summed E-state index contributed by atoms with van der Waals surface area (Å²) in [6.45, 7) is 4.46. The molecule has 3 rings (SSSR count). The van der Waals surface area contributed by atoms with E-state index >= 15 is 0 Å². The van der Waals surface area contributed by atoms with Gasteiger partial charge in [0.15, 0.2) is 0 Å². The monoisotopic (exact) mass is 324 g/mol. The van der Waals surface area contributed by atoms with E-state index < -0.39 is 0 Å². The number of hydrogen-bond donors (Lipinski definition) is 2. The number of piperidine rings is 1. The lowest BCUT2D eigenvalue weighted by atomic mass is 10.0. The standard InChI is InChI=1S/C21H28N2O/c1-17-7-9-21(10-8-17)23-13-11-19(12-14-23)22-20(16-24)15-18-5-3-2-4-6-18/h2-10,19-20,22,24H,11-16H2,1H3/t20-/m0/s1. The van der Waals surface area contributed by atoms with Crippen LogP contribution in [0.5, 0.6) is 0 Å². The zero-order valence-corrected chi connectivity index (χ0v) is 14.5. The fraction of sp³-hybridized carbons (Fsp3) is 0.429. The van der Waals surface area contributed by atoms with Gasteiger partial charge in [-0.3, -0.25) is 0 Å². The van der Waals surface area contributed by atoms with Crippen LogP contribution in [0.2, 0.25) is 0 Å². The van der Waals surface area contributed by atoms with Crippen LogP contribution in [0.4, 0.5) is 5.69 Å². The highest BCUT2D eigenvalue weighted by atomic mass is 16.3. The molecule has 0 spiro atoms. The quantitative estimate of drug-likeness (QED) is 0.857. The second kappa shape index (κ2) is 8.32. The van der Waals surface area contributed by atoms with Gasteiger partial charge in [-0.15, -0.1) is 0 Å². The Morgan fingerprint density at radius 2 is 1.71 bits per heavy atom. The number of nitrogens with one attached hydrogen (secondary N) is 1. The average molecular weight is 324 g/mol. The molecule has 0 unspecified atom stereocenters. The predicted octanol–water partition coefficient (Wildman–Crippen LogP) is 3.16. The van der Waals surface area contributed by atoms with E-state index in [4.69, 9.17) is 0 Å². The zero-order chi connectivity index (χ0) is 16.8. The number of hydrogen-bond acceptors (Lipinski definition) is 3. The Morgan fingerprint density at radius 3 is 2.33 bits per heavy atom. The molecular formula is C21H28N2O. The van der Waals surface area contributed by atoms with E-state index in [-0.39, 0.29) is 12.6 Å². The number of aryl methyl sites for hydroxylation is 1. The number of aliphatic hydroxyl groups is 1. The van der Waals surface area contributed by atoms with E-state index in [1.165, 1.54) is 16.8 Å². The summed E-state index contributed by atoms with van der Waals surface area (Å²) in [6, 6.07) is 19.8. The third-order valence-corrected chi connectivity index (χ3v) is 4.91. The van der Waals surface area contributed by atoms with Crippen molar-refractivity contribution in [3.05, 3.63) is 65.7 Å². The van der Waals surface area contributed by atoms with Gasteiger partial charge in [0.05, 0.1) is 6.61 Å². The summed E-state index contributed by atoms with van der Waals surface area (Å²) in [5.74, 6) is 0. The van der Waals surface area contributed by atoms with Gasteiger partial charge < -0.3 is 15.3 Å². The predicted molar refractivity (Wildman–Crippen MR) is 101 cm³/mol. The molecule has 1 heterocycles. The van der Waals surface area contributed by atoms with Crippen molar-refractivity contribution in [2.45, 2.75) is 38.3 Å². The van der Waals surface area contributed by atoms with Crippen molar-refractivity contribution in [1.29, 1.82) is 0 Å². The SMILES string of the molecule is Cc1ccc(N2CCC(N[C@H](CO)Cc3ccccc3)CC2)cc1. The Labute approximate surface area is 145 Å². The van der Waals surface area contributed by atoms with Crippen LogP contribution < -0.4 is 10.2 Å². The molecule has 2 N–H and O–H groups in total. The molecule has 1 fully saturated rings. The molecule has 0 radical (unpaired) electrons. The first-order chi connectivity index (χ1) is 11.7. The number of rotatable bonds is 6. The number of anilines is 1. The van der Waals surface area contributed by atoms with E-state index in [0.717, 1.165) is 32.4 Å². The molecule has 1 aliphatic rings. The summed E-state index contributed by atoms with van der Waals surface area (Å²) in [7, 11) is 0. The normalized spacial score (nSPS) is 17.0. The molecule has 3 nitrogen and oxygen atoms in total. The summed E-state index contributed by atoms with van der Waals surface area (Å²) in [6.07, 6.45) is 3.13. The van der Waals surface area contributed by atoms with Gasteiger partial charge in [0.1, 0.15) is 0 Å². The Hall–Kier alpha value is -1.84. The van der Waals surface area contributed by atoms with Crippen molar-refractivity contribution in [1.82, 2.24) is 5.32 Å². The molecular weight excluding hydrogens is 296 g/mol. The highest BCUT2D eigenvalue weighted by Crippen LogP contribution is 2.21. The maximum Gasteiger partial charge on any atom is 0.0587 e. The molecule has 0 aromatic heterocycles. The minimum Gasteiger partial charge on any atom is -0.395 e. The van der Waals surface area contributed by atoms with Crippen LogP contribution in [0.25, 0.3) is 0 Å². The lowest BCUT2D eigenvalue weighted by molar-refractivity contribution is 0.222. The van der Waals surface area contributed by atoms with E-state index in [9.17, 15) is 5.11 Å². The fourth-order valence-electron chi connectivity index (χ4n) is 3.47.